The van der Waals surface area contributed by atoms with Crippen LogP contribution >= 0.6 is 0 Å². The Morgan fingerprint density at radius 3 is 2.40 bits per heavy atom. The zero-order chi connectivity index (χ0) is 7.56. The van der Waals surface area contributed by atoms with Crippen molar-refractivity contribution in [2.75, 3.05) is 0 Å². The van der Waals surface area contributed by atoms with Gasteiger partial charge in [-0.25, -0.2) is 0 Å². The molecule has 3 nitrogen and oxygen atoms in total. The lowest BCUT2D eigenvalue weighted by molar-refractivity contribution is 0.424. The molecule has 0 saturated heterocycles. The Labute approximate surface area is 63.2 Å². The standard InChI is InChI=1S/C6H7BO3.3H2/c8-6-3-1-2-5(4-6)7(9)10;;;/h1-4,8-10H;3*1H. The molecule has 1 aromatic rings. The first kappa shape index (κ1) is 7.12. The summed E-state index contributed by atoms with van der Waals surface area (Å²) < 4.78 is 0. The minimum atomic E-state index is -1.51. The molecular formula is C6H13BO3. The van der Waals surface area contributed by atoms with E-state index in [0.29, 0.717) is 5.46 Å². The molecular weight excluding hydrogens is 131 g/mol. The van der Waals surface area contributed by atoms with Gasteiger partial charge in [-0.1, -0.05) is 12.1 Å². The lowest BCUT2D eigenvalue weighted by Gasteiger charge is -1.97. The highest BCUT2D eigenvalue weighted by molar-refractivity contribution is 6.58. The summed E-state index contributed by atoms with van der Waals surface area (Å²) in [5.74, 6) is 0.0330. The van der Waals surface area contributed by atoms with Gasteiger partial charge >= 0.3 is 7.12 Å². The van der Waals surface area contributed by atoms with Crippen LogP contribution in [-0.4, -0.2) is 22.3 Å². The van der Waals surface area contributed by atoms with E-state index in [1.54, 1.807) is 6.07 Å². The van der Waals surface area contributed by atoms with E-state index in [9.17, 15) is 0 Å². The van der Waals surface area contributed by atoms with Crippen molar-refractivity contribution in [2.24, 2.45) is 0 Å². The van der Waals surface area contributed by atoms with Crippen LogP contribution in [0.1, 0.15) is 4.28 Å². The topological polar surface area (TPSA) is 60.7 Å². The van der Waals surface area contributed by atoms with Crippen molar-refractivity contribution in [3.05, 3.63) is 24.3 Å². The van der Waals surface area contributed by atoms with Crippen LogP contribution in [0.15, 0.2) is 24.3 Å². The molecule has 0 atom stereocenters. The molecule has 0 aromatic heterocycles. The summed E-state index contributed by atoms with van der Waals surface area (Å²) in [5, 5.41) is 26.0. The van der Waals surface area contributed by atoms with Gasteiger partial charge in [0, 0.05) is 4.28 Å². The zero-order valence-electron chi connectivity index (χ0n) is 5.23. The second kappa shape index (κ2) is 2.73. The van der Waals surface area contributed by atoms with E-state index < -0.39 is 7.12 Å². The molecule has 0 amide bonds. The van der Waals surface area contributed by atoms with Crippen molar-refractivity contribution in [3.63, 3.8) is 0 Å². The Morgan fingerprint density at radius 1 is 1.30 bits per heavy atom. The molecule has 0 fully saturated rings. The first-order valence-electron chi connectivity index (χ1n) is 2.85. The fourth-order valence-corrected chi connectivity index (χ4v) is 0.685. The summed E-state index contributed by atoms with van der Waals surface area (Å²) in [6.45, 7) is 0. The van der Waals surface area contributed by atoms with Gasteiger partial charge < -0.3 is 15.2 Å². The van der Waals surface area contributed by atoms with Gasteiger partial charge in [0.2, 0.25) is 0 Å². The van der Waals surface area contributed by atoms with Gasteiger partial charge in [0.05, 0.1) is 0 Å². The predicted molar refractivity (Wildman–Crippen MR) is 44.3 cm³/mol. The highest BCUT2D eigenvalue weighted by atomic mass is 16.4. The summed E-state index contributed by atoms with van der Waals surface area (Å²) in [6.07, 6.45) is 0. The van der Waals surface area contributed by atoms with Crippen LogP contribution in [-0.2, 0) is 0 Å². The molecule has 0 saturated carbocycles. The van der Waals surface area contributed by atoms with Crippen molar-refractivity contribution in [2.45, 2.75) is 0 Å². The quantitative estimate of drug-likeness (QED) is 0.478. The molecule has 3 N–H and O–H groups in total. The van der Waals surface area contributed by atoms with E-state index in [1.807, 2.05) is 0 Å². The molecule has 0 aliphatic rings. The molecule has 0 spiro atoms. The maximum absolute atomic E-state index is 8.84. The van der Waals surface area contributed by atoms with Crippen molar-refractivity contribution in [1.82, 2.24) is 0 Å². The molecule has 0 aliphatic heterocycles. The van der Waals surface area contributed by atoms with Gasteiger partial charge in [-0.3, -0.25) is 0 Å². The maximum atomic E-state index is 8.84. The minimum absolute atomic E-state index is 0. The monoisotopic (exact) mass is 144 g/mol. The van der Waals surface area contributed by atoms with E-state index in [4.69, 9.17) is 15.2 Å². The number of benzene rings is 1. The fourth-order valence-electron chi connectivity index (χ4n) is 0.685. The molecule has 0 unspecified atom stereocenters. The molecule has 58 valence electrons. The normalized spacial score (nSPS) is 9.40. The van der Waals surface area contributed by atoms with Crippen molar-refractivity contribution >= 4 is 12.6 Å². The minimum Gasteiger partial charge on any atom is -0.508 e. The summed E-state index contributed by atoms with van der Waals surface area (Å²) in [7, 11) is -1.51. The fraction of sp³-hybridized carbons (Fsp3) is 0. The molecule has 1 aromatic carbocycles. The first-order valence-corrected chi connectivity index (χ1v) is 2.85. The van der Waals surface area contributed by atoms with Crippen molar-refractivity contribution in [1.29, 1.82) is 0 Å². The van der Waals surface area contributed by atoms with Crippen LogP contribution in [0.4, 0.5) is 0 Å². The Morgan fingerprint density at radius 2 is 2.00 bits per heavy atom. The molecule has 0 bridgehead atoms. The zero-order valence-corrected chi connectivity index (χ0v) is 5.23. The van der Waals surface area contributed by atoms with Crippen LogP contribution in [0.2, 0.25) is 0 Å². The Bertz CT molecular complexity index is 234. The largest absolute Gasteiger partial charge is 0.508 e. The number of hydrogen-bond donors (Lipinski definition) is 3. The number of hydrogen-bond acceptors (Lipinski definition) is 3. The van der Waals surface area contributed by atoms with Crippen molar-refractivity contribution < 1.29 is 19.4 Å². The molecule has 0 aliphatic carbocycles. The molecule has 10 heavy (non-hydrogen) atoms. The third kappa shape index (κ3) is 1.49. The van der Waals surface area contributed by atoms with Crippen LogP contribution in [0.3, 0.4) is 0 Å². The highest BCUT2D eigenvalue weighted by Crippen LogP contribution is 2.02. The first-order chi connectivity index (χ1) is 4.70. The predicted octanol–water partition coefficient (Wildman–Crippen LogP) is -0.190. The van der Waals surface area contributed by atoms with Crippen molar-refractivity contribution in [3.8, 4) is 5.75 Å². The highest BCUT2D eigenvalue weighted by Gasteiger charge is 2.09. The maximum Gasteiger partial charge on any atom is 0.488 e. The second-order valence-corrected chi connectivity index (χ2v) is 1.97. The number of aromatic hydroxyl groups is 1. The summed E-state index contributed by atoms with van der Waals surface area (Å²) in [5.41, 5.74) is 0.292. The average molecular weight is 144 g/mol. The van der Waals surface area contributed by atoms with Gasteiger partial charge in [0.1, 0.15) is 5.75 Å². The van der Waals surface area contributed by atoms with E-state index in [-0.39, 0.29) is 10.0 Å². The van der Waals surface area contributed by atoms with Crippen LogP contribution in [0.25, 0.3) is 0 Å². The molecule has 4 heteroatoms. The summed E-state index contributed by atoms with van der Waals surface area (Å²) in [6, 6.07) is 5.82. The number of phenolic OH excluding ortho intramolecular Hbond substituents is 1. The van der Waals surface area contributed by atoms with E-state index in [2.05, 4.69) is 0 Å². The third-order valence-corrected chi connectivity index (χ3v) is 1.17. The van der Waals surface area contributed by atoms with Gasteiger partial charge in [0.15, 0.2) is 0 Å². The average Bonchev–Trinajstić information content (AvgIpc) is 1.88. The summed E-state index contributed by atoms with van der Waals surface area (Å²) >= 11 is 0. The van der Waals surface area contributed by atoms with E-state index in [0.717, 1.165) is 0 Å². The SMILES string of the molecule is OB(O)c1cccc(O)c1.[HH].[HH].[HH]. The third-order valence-electron chi connectivity index (χ3n) is 1.17. The van der Waals surface area contributed by atoms with Gasteiger partial charge in [0.25, 0.3) is 0 Å². The number of rotatable bonds is 1. The smallest absolute Gasteiger partial charge is 0.488 e. The second-order valence-electron chi connectivity index (χ2n) is 1.97. The molecule has 0 heterocycles. The molecule has 0 radical (unpaired) electrons. The van der Waals surface area contributed by atoms with Crippen LogP contribution in [0.5, 0.6) is 5.75 Å². The van der Waals surface area contributed by atoms with Gasteiger partial charge in [-0.05, 0) is 17.6 Å². The van der Waals surface area contributed by atoms with Gasteiger partial charge in [-0.15, -0.1) is 0 Å². The lowest BCUT2D eigenvalue weighted by atomic mass is 9.80. The lowest BCUT2D eigenvalue weighted by Crippen LogP contribution is -2.29. The van der Waals surface area contributed by atoms with Crippen LogP contribution < -0.4 is 5.46 Å². The number of phenols is 1. The Kier molecular flexibility index (Phi) is 1.94. The van der Waals surface area contributed by atoms with E-state index >= 15 is 0 Å². The Hall–Kier alpha value is -0.995. The summed E-state index contributed by atoms with van der Waals surface area (Å²) in [4.78, 5) is 0. The van der Waals surface area contributed by atoms with Gasteiger partial charge in [-0.2, -0.15) is 0 Å². The van der Waals surface area contributed by atoms with Crippen LogP contribution in [0, 0.1) is 0 Å². The Balaban J connectivity index is -0.000000333. The van der Waals surface area contributed by atoms with E-state index in [1.165, 1.54) is 18.2 Å². The molecule has 1 rings (SSSR count).